The molecule has 0 spiro atoms. The predicted molar refractivity (Wildman–Crippen MR) is 101 cm³/mol. The van der Waals surface area contributed by atoms with Gasteiger partial charge in [-0.2, -0.15) is 0 Å². The van der Waals surface area contributed by atoms with E-state index in [1.165, 1.54) is 37.4 Å². The Labute approximate surface area is 164 Å². The first-order valence-corrected chi connectivity index (χ1v) is 10.9. The molecule has 0 aliphatic rings. The van der Waals surface area contributed by atoms with Crippen LogP contribution < -0.4 is 14.6 Å². The monoisotopic (exact) mass is 478 g/mol. The van der Waals surface area contributed by atoms with E-state index in [9.17, 15) is 21.6 Å². The number of methoxy groups -OCH3 is 2. The maximum Gasteiger partial charge on any atom is 0.339 e. The van der Waals surface area contributed by atoms with Gasteiger partial charge < -0.3 is 9.47 Å². The van der Waals surface area contributed by atoms with E-state index in [4.69, 9.17) is 9.88 Å². The Morgan fingerprint density at radius 1 is 1.04 bits per heavy atom. The molecular formula is C15H15BrN2O7S2. The summed E-state index contributed by atoms with van der Waals surface area (Å²) < 4.78 is 61.0. The zero-order valence-corrected chi connectivity index (χ0v) is 17.3. The summed E-state index contributed by atoms with van der Waals surface area (Å²) >= 11 is 3.16. The van der Waals surface area contributed by atoms with Crippen molar-refractivity contribution in [3.8, 4) is 5.75 Å². The quantitative estimate of drug-likeness (QED) is 0.601. The molecule has 146 valence electrons. The molecule has 2 aromatic rings. The number of rotatable bonds is 6. The highest BCUT2D eigenvalue weighted by molar-refractivity contribution is 9.10. The number of nitrogens with two attached hydrogens (primary N) is 1. The van der Waals surface area contributed by atoms with Crippen LogP contribution in [-0.2, 0) is 24.8 Å². The number of sulfonamides is 2. The number of ether oxygens (including phenoxy) is 2. The third-order valence-corrected chi connectivity index (χ3v) is 6.22. The normalized spacial score (nSPS) is 11.7. The van der Waals surface area contributed by atoms with E-state index in [1.54, 1.807) is 0 Å². The van der Waals surface area contributed by atoms with Gasteiger partial charge in [0.05, 0.1) is 25.5 Å². The maximum atomic E-state index is 12.7. The second-order valence-electron chi connectivity index (χ2n) is 5.15. The zero-order chi connectivity index (χ0) is 20.4. The van der Waals surface area contributed by atoms with Gasteiger partial charge in [-0.1, -0.05) is 15.9 Å². The molecule has 2 aromatic carbocycles. The SMILES string of the molecule is COC(=O)c1cc(Br)ccc1S(=O)(=O)Nc1ccc(OC)c(S(N)(=O)=O)c1. The summed E-state index contributed by atoms with van der Waals surface area (Å²) in [5, 5.41) is 5.12. The molecule has 0 bridgehead atoms. The second kappa shape index (κ2) is 7.84. The Kier molecular flexibility index (Phi) is 6.14. The Balaban J connectivity index is 2.54. The molecule has 0 aliphatic heterocycles. The Morgan fingerprint density at radius 3 is 2.26 bits per heavy atom. The molecule has 0 unspecified atom stereocenters. The fourth-order valence-electron chi connectivity index (χ4n) is 2.18. The number of primary sulfonamides is 1. The highest BCUT2D eigenvalue weighted by Gasteiger charge is 2.24. The van der Waals surface area contributed by atoms with Gasteiger partial charge in [-0.05, 0) is 36.4 Å². The molecule has 0 saturated heterocycles. The third kappa shape index (κ3) is 4.77. The number of hydrogen-bond donors (Lipinski definition) is 2. The summed E-state index contributed by atoms with van der Waals surface area (Å²) in [6, 6.07) is 7.50. The minimum Gasteiger partial charge on any atom is -0.495 e. The van der Waals surface area contributed by atoms with Crippen LogP contribution in [0.25, 0.3) is 0 Å². The molecule has 0 heterocycles. The predicted octanol–water partition coefficient (Wildman–Crippen LogP) is 1.69. The molecule has 0 amide bonds. The fraction of sp³-hybridized carbons (Fsp3) is 0.133. The average molecular weight is 479 g/mol. The summed E-state index contributed by atoms with van der Waals surface area (Å²) in [5.41, 5.74) is -0.280. The van der Waals surface area contributed by atoms with Crippen LogP contribution in [0.4, 0.5) is 5.69 Å². The van der Waals surface area contributed by atoms with Gasteiger partial charge >= 0.3 is 5.97 Å². The number of esters is 1. The Morgan fingerprint density at radius 2 is 1.70 bits per heavy atom. The van der Waals surface area contributed by atoms with Gasteiger partial charge in [0.1, 0.15) is 15.5 Å². The van der Waals surface area contributed by atoms with Crippen LogP contribution >= 0.6 is 15.9 Å². The maximum absolute atomic E-state index is 12.7. The molecule has 0 fully saturated rings. The summed E-state index contributed by atoms with van der Waals surface area (Å²) in [7, 11) is -6.04. The van der Waals surface area contributed by atoms with Crippen LogP contribution in [0.1, 0.15) is 10.4 Å². The van der Waals surface area contributed by atoms with Gasteiger partial charge in [-0.25, -0.2) is 26.8 Å². The Bertz CT molecular complexity index is 1100. The highest BCUT2D eigenvalue weighted by Crippen LogP contribution is 2.29. The largest absolute Gasteiger partial charge is 0.495 e. The van der Waals surface area contributed by atoms with Crippen molar-refractivity contribution in [3.05, 3.63) is 46.4 Å². The molecular weight excluding hydrogens is 464 g/mol. The molecule has 0 saturated carbocycles. The van der Waals surface area contributed by atoms with Gasteiger partial charge in [-0.15, -0.1) is 0 Å². The molecule has 0 atom stereocenters. The van der Waals surface area contributed by atoms with E-state index >= 15 is 0 Å². The summed E-state index contributed by atoms with van der Waals surface area (Å²) in [5.74, 6) is -0.893. The summed E-state index contributed by atoms with van der Waals surface area (Å²) in [4.78, 5) is 11.2. The Hall–Kier alpha value is -2.15. The van der Waals surface area contributed by atoms with E-state index in [2.05, 4.69) is 25.4 Å². The van der Waals surface area contributed by atoms with Gasteiger partial charge in [0.25, 0.3) is 10.0 Å². The van der Waals surface area contributed by atoms with Crippen molar-refractivity contribution >= 4 is 47.6 Å². The van der Waals surface area contributed by atoms with E-state index in [1.807, 2.05) is 0 Å². The van der Waals surface area contributed by atoms with Crippen molar-refractivity contribution in [2.24, 2.45) is 5.14 Å². The number of carbonyl (C=O) groups is 1. The van der Waals surface area contributed by atoms with Crippen molar-refractivity contribution in [1.29, 1.82) is 0 Å². The van der Waals surface area contributed by atoms with Crippen LogP contribution in [-0.4, -0.2) is 37.0 Å². The number of anilines is 1. The minimum atomic E-state index is -4.25. The van der Waals surface area contributed by atoms with Gasteiger partial charge in [0.2, 0.25) is 10.0 Å². The van der Waals surface area contributed by atoms with Crippen LogP contribution in [0.2, 0.25) is 0 Å². The molecule has 2 rings (SSSR count). The lowest BCUT2D eigenvalue weighted by atomic mass is 10.2. The van der Waals surface area contributed by atoms with Crippen LogP contribution in [0.3, 0.4) is 0 Å². The fourth-order valence-corrected chi connectivity index (χ4v) is 4.49. The molecule has 27 heavy (non-hydrogen) atoms. The lowest BCUT2D eigenvalue weighted by molar-refractivity contribution is 0.0596. The van der Waals surface area contributed by atoms with Gasteiger partial charge in [0.15, 0.2) is 0 Å². The van der Waals surface area contributed by atoms with Crippen molar-refractivity contribution in [1.82, 2.24) is 0 Å². The van der Waals surface area contributed by atoms with Gasteiger partial charge in [0, 0.05) is 4.47 Å². The van der Waals surface area contributed by atoms with Crippen LogP contribution in [0, 0.1) is 0 Å². The molecule has 3 N–H and O–H groups in total. The number of carbonyl (C=O) groups excluding carboxylic acids is 1. The van der Waals surface area contributed by atoms with E-state index < -0.39 is 30.9 Å². The van der Waals surface area contributed by atoms with Crippen LogP contribution in [0.5, 0.6) is 5.75 Å². The molecule has 0 radical (unpaired) electrons. The van der Waals surface area contributed by atoms with E-state index in [-0.39, 0.29) is 21.9 Å². The van der Waals surface area contributed by atoms with Crippen molar-refractivity contribution < 1.29 is 31.1 Å². The smallest absolute Gasteiger partial charge is 0.339 e. The molecule has 0 aromatic heterocycles. The lowest BCUT2D eigenvalue weighted by Crippen LogP contribution is -2.18. The lowest BCUT2D eigenvalue weighted by Gasteiger charge is -2.13. The van der Waals surface area contributed by atoms with E-state index in [0.717, 1.165) is 13.2 Å². The number of benzene rings is 2. The van der Waals surface area contributed by atoms with Crippen molar-refractivity contribution in [3.63, 3.8) is 0 Å². The first-order chi connectivity index (χ1) is 12.5. The van der Waals surface area contributed by atoms with E-state index in [0.29, 0.717) is 4.47 Å². The first kappa shape index (κ1) is 21.2. The van der Waals surface area contributed by atoms with Crippen molar-refractivity contribution in [2.75, 3.05) is 18.9 Å². The number of hydrogen-bond acceptors (Lipinski definition) is 7. The highest BCUT2D eigenvalue weighted by atomic mass is 79.9. The number of halogens is 1. The van der Waals surface area contributed by atoms with Gasteiger partial charge in [-0.3, -0.25) is 4.72 Å². The second-order valence-corrected chi connectivity index (χ2v) is 9.24. The minimum absolute atomic E-state index is 0.0423. The van der Waals surface area contributed by atoms with Crippen LogP contribution in [0.15, 0.2) is 50.7 Å². The molecule has 12 heteroatoms. The average Bonchev–Trinajstić information content (AvgIpc) is 2.59. The summed E-state index contributed by atoms with van der Waals surface area (Å²) in [6.45, 7) is 0. The molecule has 0 aliphatic carbocycles. The molecule has 9 nitrogen and oxygen atoms in total. The standard InChI is InChI=1S/C15H15BrN2O7S2/c1-24-12-5-4-10(8-14(12)26(17,20)21)18-27(22,23)13-6-3-9(16)7-11(13)15(19)25-2/h3-8,18H,1-2H3,(H2,17,20,21). The topological polar surface area (TPSA) is 142 Å². The third-order valence-electron chi connectivity index (χ3n) is 3.36. The summed E-state index contributed by atoms with van der Waals surface area (Å²) in [6.07, 6.45) is 0. The first-order valence-electron chi connectivity index (χ1n) is 7.11. The zero-order valence-electron chi connectivity index (χ0n) is 14.1. The number of nitrogens with one attached hydrogen (secondary N) is 1. The van der Waals surface area contributed by atoms with Crippen molar-refractivity contribution in [2.45, 2.75) is 9.79 Å².